The van der Waals surface area contributed by atoms with Crippen molar-refractivity contribution in [3.8, 4) is 22.5 Å². The van der Waals surface area contributed by atoms with E-state index in [1.807, 2.05) is 0 Å². The van der Waals surface area contributed by atoms with Crippen molar-refractivity contribution in [3.63, 3.8) is 0 Å². The molecule has 0 saturated carbocycles. The van der Waals surface area contributed by atoms with Crippen LogP contribution in [0.15, 0.2) is 133 Å². The molecule has 0 amide bonds. The molecule has 0 unspecified atom stereocenters. The predicted molar refractivity (Wildman–Crippen MR) is 163 cm³/mol. The van der Waals surface area contributed by atoms with E-state index in [0.717, 1.165) is 6.42 Å². The Morgan fingerprint density at radius 1 is 0.385 bits per heavy atom. The second-order valence-electron chi connectivity index (χ2n) is 10.6. The van der Waals surface area contributed by atoms with Gasteiger partial charge in [-0.1, -0.05) is 84.9 Å². The van der Waals surface area contributed by atoms with Gasteiger partial charge in [0.05, 0.1) is 22.1 Å². The lowest BCUT2D eigenvalue weighted by molar-refractivity contribution is 1.14. The summed E-state index contributed by atoms with van der Waals surface area (Å²) in [6.07, 6.45) is 1.01. The van der Waals surface area contributed by atoms with E-state index in [1.54, 1.807) is 0 Å². The van der Waals surface area contributed by atoms with Crippen LogP contribution in [0.4, 0.5) is 0 Å². The van der Waals surface area contributed by atoms with Gasteiger partial charge in [-0.2, -0.15) is 0 Å². The van der Waals surface area contributed by atoms with Crippen LogP contribution in [-0.2, 0) is 6.42 Å². The molecule has 8 aromatic rings. The Balaban J connectivity index is 1.28. The first-order valence-corrected chi connectivity index (χ1v) is 13.6. The number of nitrogens with zero attached hydrogens (tertiary/aromatic N) is 2. The van der Waals surface area contributed by atoms with Crippen molar-refractivity contribution in [2.24, 2.45) is 0 Å². The summed E-state index contributed by atoms with van der Waals surface area (Å²) in [5.41, 5.74) is 13.0. The number of hydrogen-bond acceptors (Lipinski definition) is 0. The van der Waals surface area contributed by atoms with Crippen LogP contribution in [0.3, 0.4) is 0 Å². The Morgan fingerprint density at radius 2 is 0.897 bits per heavy atom. The molecular weight excluding hydrogens is 472 g/mol. The molecule has 0 aliphatic heterocycles. The van der Waals surface area contributed by atoms with Crippen LogP contribution < -0.4 is 0 Å². The first-order chi connectivity index (χ1) is 19.4. The largest absolute Gasteiger partial charge is 0.309 e. The molecule has 2 nitrogen and oxygen atoms in total. The molecule has 0 saturated heterocycles. The number of para-hydroxylation sites is 3. The Bertz CT molecular complexity index is 2190. The third-order valence-corrected chi connectivity index (χ3v) is 8.54. The fourth-order valence-electron chi connectivity index (χ4n) is 6.91. The predicted octanol–water partition coefficient (Wildman–Crippen LogP) is 9.45. The summed E-state index contributed by atoms with van der Waals surface area (Å²) in [4.78, 5) is 0. The van der Waals surface area contributed by atoms with Gasteiger partial charge in [0.2, 0.25) is 0 Å². The van der Waals surface area contributed by atoms with Gasteiger partial charge in [-0.15, -0.1) is 0 Å². The number of fused-ring (bicyclic) bond motifs is 10. The van der Waals surface area contributed by atoms with Gasteiger partial charge in [0.15, 0.2) is 0 Å². The van der Waals surface area contributed by atoms with E-state index in [0.29, 0.717) is 0 Å². The topological polar surface area (TPSA) is 9.86 Å². The minimum absolute atomic E-state index is 1.01. The number of benzene rings is 6. The van der Waals surface area contributed by atoms with Gasteiger partial charge >= 0.3 is 0 Å². The molecule has 1 aliphatic rings. The fourth-order valence-corrected chi connectivity index (χ4v) is 6.91. The lowest BCUT2D eigenvalue weighted by Gasteiger charge is -2.12. The molecule has 0 fully saturated rings. The minimum Gasteiger partial charge on any atom is -0.309 e. The fraction of sp³-hybridized carbons (Fsp3) is 0.0270. The zero-order valence-electron chi connectivity index (χ0n) is 21.3. The smallest absolute Gasteiger partial charge is 0.0547 e. The van der Waals surface area contributed by atoms with E-state index in [-0.39, 0.29) is 0 Å². The van der Waals surface area contributed by atoms with Gasteiger partial charge in [0.1, 0.15) is 0 Å². The molecule has 39 heavy (non-hydrogen) atoms. The van der Waals surface area contributed by atoms with Crippen molar-refractivity contribution in [3.05, 3.63) is 145 Å². The van der Waals surface area contributed by atoms with Gasteiger partial charge in [-0.25, -0.2) is 0 Å². The van der Waals surface area contributed by atoms with Crippen molar-refractivity contribution >= 4 is 43.6 Å². The van der Waals surface area contributed by atoms with Crippen molar-refractivity contribution in [2.45, 2.75) is 6.42 Å². The van der Waals surface area contributed by atoms with Crippen LogP contribution in [0.2, 0.25) is 0 Å². The van der Waals surface area contributed by atoms with Crippen molar-refractivity contribution in [1.29, 1.82) is 0 Å². The van der Waals surface area contributed by atoms with Crippen LogP contribution in [0.25, 0.3) is 66.1 Å². The van der Waals surface area contributed by atoms with E-state index in [9.17, 15) is 0 Å². The highest BCUT2D eigenvalue weighted by molar-refractivity contribution is 6.17. The highest BCUT2D eigenvalue weighted by Crippen LogP contribution is 2.45. The Hall–Kier alpha value is -5.08. The highest BCUT2D eigenvalue weighted by Gasteiger charge is 2.24. The summed E-state index contributed by atoms with van der Waals surface area (Å²) in [6.45, 7) is 0. The van der Waals surface area contributed by atoms with Gasteiger partial charge in [0, 0.05) is 32.9 Å². The monoisotopic (exact) mass is 496 g/mol. The van der Waals surface area contributed by atoms with Gasteiger partial charge in [0.25, 0.3) is 0 Å². The molecule has 0 bridgehead atoms. The zero-order chi connectivity index (χ0) is 25.5. The molecular formula is C37H24N2. The van der Waals surface area contributed by atoms with E-state index >= 15 is 0 Å². The van der Waals surface area contributed by atoms with E-state index < -0.39 is 0 Å². The van der Waals surface area contributed by atoms with Crippen LogP contribution in [0.1, 0.15) is 11.1 Å². The Morgan fingerprint density at radius 3 is 1.56 bits per heavy atom. The van der Waals surface area contributed by atoms with Crippen LogP contribution in [-0.4, -0.2) is 9.13 Å². The van der Waals surface area contributed by atoms with Crippen molar-refractivity contribution in [1.82, 2.24) is 9.13 Å². The molecule has 0 atom stereocenters. The zero-order valence-corrected chi connectivity index (χ0v) is 21.3. The summed E-state index contributed by atoms with van der Waals surface area (Å²) in [7, 11) is 0. The molecule has 0 spiro atoms. The second kappa shape index (κ2) is 7.72. The summed E-state index contributed by atoms with van der Waals surface area (Å²) < 4.78 is 4.81. The van der Waals surface area contributed by atoms with Crippen LogP contribution >= 0.6 is 0 Å². The molecule has 2 heteroatoms. The van der Waals surface area contributed by atoms with Gasteiger partial charge < -0.3 is 9.13 Å². The van der Waals surface area contributed by atoms with Crippen LogP contribution in [0, 0.1) is 0 Å². The first-order valence-electron chi connectivity index (χ1n) is 13.6. The average molecular weight is 497 g/mol. The first kappa shape index (κ1) is 20.9. The average Bonchev–Trinajstić information content (AvgIpc) is 3.65. The number of hydrogen-bond donors (Lipinski definition) is 0. The molecule has 6 aromatic carbocycles. The minimum atomic E-state index is 1.01. The third kappa shape index (κ3) is 2.81. The van der Waals surface area contributed by atoms with E-state index in [1.165, 1.54) is 77.2 Å². The molecule has 1 aliphatic carbocycles. The summed E-state index contributed by atoms with van der Waals surface area (Å²) >= 11 is 0. The molecule has 2 aromatic heterocycles. The van der Waals surface area contributed by atoms with Crippen LogP contribution in [0.5, 0.6) is 0 Å². The normalized spacial score (nSPS) is 12.5. The summed E-state index contributed by atoms with van der Waals surface area (Å²) in [5.74, 6) is 0. The summed E-state index contributed by atoms with van der Waals surface area (Å²) in [5, 5.41) is 5.24. The lowest BCUT2D eigenvalue weighted by atomic mass is 9.99. The Labute approximate surface area is 226 Å². The number of aromatic nitrogens is 2. The maximum atomic E-state index is 2.43. The highest BCUT2D eigenvalue weighted by atomic mass is 15.0. The standard InChI is InChI=1S/C37H24N2/c1-2-10-28-24(9-1)23-25-17-22-35-37(36(25)28)31-13-5-8-16-34(31)39(35)27-20-18-26(19-21-27)38-32-14-6-3-11-29(32)30-12-4-7-15-33(30)38/h1-22H,23H2. The lowest BCUT2D eigenvalue weighted by Crippen LogP contribution is -1.97. The second-order valence-corrected chi connectivity index (χ2v) is 10.6. The van der Waals surface area contributed by atoms with Gasteiger partial charge in [-0.3, -0.25) is 0 Å². The van der Waals surface area contributed by atoms with Crippen molar-refractivity contribution in [2.75, 3.05) is 0 Å². The van der Waals surface area contributed by atoms with Gasteiger partial charge in [-0.05, 0) is 77.2 Å². The third-order valence-electron chi connectivity index (χ3n) is 8.54. The molecule has 0 radical (unpaired) electrons. The molecule has 182 valence electrons. The maximum Gasteiger partial charge on any atom is 0.0547 e. The maximum absolute atomic E-state index is 2.43. The molecule has 0 N–H and O–H groups in total. The molecule has 2 heterocycles. The quantitative estimate of drug-likeness (QED) is 0.226. The number of rotatable bonds is 2. The SMILES string of the molecule is c1ccc2c(c1)Cc1ccc3c(c1-2)c1ccccc1n3-c1ccc(-n2c3ccccc3c3ccccc32)cc1. The van der Waals surface area contributed by atoms with Crippen molar-refractivity contribution < 1.29 is 0 Å². The van der Waals surface area contributed by atoms with E-state index in [2.05, 4.69) is 143 Å². The summed E-state index contributed by atoms with van der Waals surface area (Å²) in [6, 6.07) is 48.8. The Kier molecular flexibility index (Phi) is 4.14. The van der Waals surface area contributed by atoms with E-state index in [4.69, 9.17) is 0 Å². The molecule has 9 rings (SSSR count).